The number of thioether (sulfide) groups is 1. The van der Waals surface area contributed by atoms with Crippen LogP contribution >= 0.6 is 34.4 Å². The van der Waals surface area contributed by atoms with Gasteiger partial charge in [-0.25, -0.2) is 9.97 Å². The average Bonchev–Trinajstić information content (AvgIpc) is 3.35. The van der Waals surface area contributed by atoms with Gasteiger partial charge in [-0.1, -0.05) is 30.0 Å². The number of carbonyl (C=O) groups is 1. The Labute approximate surface area is 191 Å². The fourth-order valence-corrected chi connectivity index (χ4v) is 6.60. The summed E-state index contributed by atoms with van der Waals surface area (Å²) in [7, 11) is 0. The highest BCUT2D eigenvalue weighted by Gasteiger charge is 2.23. The zero-order chi connectivity index (χ0) is 21.4. The number of aryl methyl sites for hydroxylation is 3. The monoisotopic (exact) mass is 468 g/mol. The van der Waals surface area contributed by atoms with Gasteiger partial charge in [0.05, 0.1) is 22.5 Å². The molecule has 4 aromatic rings. The van der Waals surface area contributed by atoms with Gasteiger partial charge in [0.15, 0.2) is 10.3 Å². The Balaban J connectivity index is 1.53. The number of nitrogens with one attached hydrogen (secondary N) is 1. The van der Waals surface area contributed by atoms with Crippen LogP contribution in [0.1, 0.15) is 29.0 Å². The van der Waals surface area contributed by atoms with Crippen LogP contribution in [0.2, 0.25) is 0 Å². The first-order chi connectivity index (χ1) is 15.1. The third kappa shape index (κ3) is 4.05. The van der Waals surface area contributed by atoms with Crippen molar-refractivity contribution < 1.29 is 4.79 Å². The maximum atomic E-state index is 13.6. The topological polar surface area (TPSA) is 76.9 Å². The lowest BCUT2D eigenvalue weighted by Gasteiger charge is -2.13. The molecule has 1 aliphatic rings. The Morgan fingerprint density at radius 2 is 2.00 bits per heavy atom. The number of nitrogens with zero attached hydrogens (tertiary/aromatic N) is 3. The first-order valence-corrected chi connectivity index (χ1v) is 12.8. The second-order valence-electron chi connectivity index (χ2n) is 7.39. The van der Waals surface area contributed by atoms with E-state index in [4.69, 9.17) is 4.98 Å². The summed E-state index contributed by atoms with van der Waals surface area (Å²) >= 11 is 4.30. The van der Waals surface area contributed by atoms with Crippen LogP contribution in [0.4, 0.5) is 5.13 Å². The maximum absolute atomic E-state index is 13.6. The predicted molar refractivity (Wildman–Crippen MR) is 128 cm³/mol. The minimum absolute atomic E-state index is 0.0472. The van der Waals surface area contributed by atoms with Crippen LogP contribution in [0.5, 0.6) is 0 Å². The summed E-state index contributed by atoms with van der Waals surface area (Å²) in [6.45, 7) is 1.89. The smallest absolute Gasteiger partial charge is 0.267 e. The molecular weight excluding hydrogens is 448 g/mol. The number of para-hydroxylation sites is 1. The Morgan fingerprint density at radius 1 is 1.19 bits per heavy atom. The summed E-state index contributed by atoms with van der Waals surface area (Å²) in [4.78, 5) is 37.3. The van der Waals surface area contributed by atoms with Crippen LogP contribution in [0.3, 0.4) is 0 Å². The molecule has 5 rings (SSSR count). The number of fused-ring (bicyclic) bond motifs is 3. The Kier molecular flexibility index (Phi) is 5.64. The number of anilines is 1. The highest BCUT2D eigenvalue weighted by atomic mass is 32.2. The van der Waals surface area contributed by atoms with Gasteiger partial charge < -0.3 is 5.32 Å². The number of benzene rings is 1. The van der Waals surface area contributed by atoms with Crippen LogP contribution < -0.4 is 10.9 Å². The molecule has 1 amide bonds. The van der Waals surface area contributed by atoms with E-state index in [1.807, 2.05) is 42.6 Å². The summed E-state index contributed by atoms with van der Waals surface area (Å²) in [5.74, 6) is -0.0205. The lowest BCUT2D eigenvalue weighted by Crippen LogP contribution is -2.23. The molecule has 0 aliphatic heterocycles. The largest absolute Gasteiger partial charge is 0.301 e. The highest BCUT2D eigenvalue weighted by Crippen LogP contribution is 2.35. The van der Waals surface area contributed by atoms with Gasteiger partial charge >= 0.3 is 0 Å². The summed E-state index contributed by atoms with van der Waals surface area (Å²) in [6.07, 6.45) is 4.21. The molecule has 0 fully saturated rings. The maximum Gasteiger partial charge on any atom is 0.267 e. The first kappa shape index (κ1) is 20.4. The zero-order valence-corrected chi connectivity index (χ0v) is 19.3. The normalized spacial score (nSPS) is 13.3. The van der Waals surface area contributed by atoms with Crippen molar-refractivity contribution in [2.75, 3.05) is 11.1 Å². The number of thiophene rings is 1. The lowest BCUT2D eigenvalue weighted by molar-refractivity contribution is -0.113. The molecule has 0 saturated heterocycles. The van der Waals surface area contributed by atoms with E-state index in [1.165, 1.54) is 33.5 Å². The van der Waals surface area contributed by atoms with Gasteiger partial charge in [0.2, 0.25) is 5.91 Å². The van der Waals surface area contributed by atoms with E-state index in [9.17, 15) is 9.59 Å². The van der Waals surface area contributed by atoms with E-state index in [0.29, 0.717) is 10.3 Å². The van der Waals surface area contributed by atoms with E-state index in [0.717, 1.165) is 47.3 Å². The van der Waals surface area contributed by atoms with Gasteiger partial charge in [0.1, 0.15) is 4.83 Å². The molecule has 6 nitrogen and oxygen atoms in total. The molecule has 9 heteroatoms. The number of hydrogen-bond donors (Lipinski definition) is 1. The second kappa shape index (κ2) is 8.57. The molecule has 1 aromatic carbocycles. The molecule has 3 heterocycles. The van der Waals surface area contributed by atoms with Gasteiger partial charge in [-0.05, 0) is 50.3 Å². The van der Waals surface area contributed by atoms with Gasteiger partial charge in [-0.15, -0.1) is 22.7 Å². The third-order valence-corrected chi connectivity index (χ3v) is 8.17. The Hall–Kier alpha value is -2.49. The van der Waals surface area contributed by atoms with Crippen molar-refractivity contribution in [2.24, 2.45) is 0 Å². The van der Waals surface area contributed by atoms with Crippen LogP contribution in [-0.4, -0.2) is 26.2 Å². The van der Waals surface area contributed by atoms with Gasteiger partial charge in [-0.3, -0.25) is 14.2 Å². The van der Waals surface area contributed by atoms with E-state index in [-0.39, 0.29) is 17.2 Å². The molecule has 1 N–H and O–H groups in total. The standard InChI is InChI=1S/C22H20N4O2S3/c1-13-11-29-21(23-13)24-17(27)12-30-22-25-19-18(15-9-5-6-10-16(15)31-19)20(28)26(22)14-7-3-2-4-8-14/h2-4,7-8,11H,5-6,9-10,12H2,1H3,(H,23,24,27). The minimum atomic E-state index is -0.168. The highest BCUT2D eigenvalue weighted by molar-refractivity contribution is 7.99. The van der Waals surface area contributed by atoms with Crippen LogP contribution in [0, 0.1) is 6.92 Å². The molecule has 0 unspecified atom stereocenters. The molecule has 158 valence electrons. The van der Waals surface area contributed by atoms with Crippen molar-refractivity contribution in [3.05, 3.63) is 62.2 Å². The number of hydrogen-bond acceptors (Lipinski definition) is 7. The molecule has 0 saturated carbocycles. The number of carbonyl (C=O) groups excluding carboxylic acids is 1. The molecule has 0 spiro atoms. The summed E-state index contributed by atoms with van der Waals surface area (Å²) in [5.41, 5.74) is 2.76. The molecular formula is C22H20N4O2S3. The number of rotatable bonds is 5. The Bertz CT molecular complexity index is 1320. The SMILES string of the molecule is Cc1csc(NC(=O)CSc2nc3sc4c(c3c(=O)n2-c2ccccc2)CCCC4)n1. The van der Waals surface area contributed by atoms with E-state index >= 15 is 0 Å². The number of aromatic nitrogens is 3. The van der Waals surface area contributed by atoms with Crippen LogP contribution in [0.25, 0.3) is 15.9 Å². The third-order valence-electron chi connectivity index (χ3n) is 5.17. The molecule has 0 atom stereocenters. The zero-order valence-electron chi connectivity index (χ0n) is 16.9. The van der Waals surface area contributed by atoms with Crippen molar-refractivity contribution in [3.8, 4) is 5.69 Å². The van der Waals surface area contributed by atoms with Crippen molar-refractivity contribution in [2.45, 2.75) is 37.8 Å². The predicted octanol–water partition coefficient (Wildman–Crippen LogP) is 4.82. The van der Waals surface area contributed by atoms with Gasteiger partial charge in [0.25, 0.3) is 5.56 Å². The van der Waals surface area contributed by atoms with E-state index < -0.39 is 0 Å². The minimum Gasteiger partial charge on any atom is -0.301 e. The molecule has 1 aliphatic carbocycles. The van der Waals surface area contributed by atoms with Crippen LogP contribution in [0.15, 0.2) is 45.7 Å². The molecule has 31 heavy (non-hydrogen) atoms. The molecule has 3 aromatic heterocycles. The fraction of sp³-hybridized carbons (Fsp3) is 0.273. The van der Waals surface area contributed by atoms with Crippen molar-refractivity contribution in [3.63, 3.8) is 0 Å². The fourth-order valence-electron chi connectivity index (χ4n) is 3.78. The summed E-state index contributed by atoms with van der Waals surface area (Å²) < 4.78 is 1.65. The van der Waals surface area contributed by atoms with E-state index in [2.05, 4.69) is 10.3 Å². The van der Waals surface area contributed by atoms with E-state index in [1.54, 1.807) is 15.9 Å². The van der Waals surface area contributed by atoms with Gasteiger partial charge in [0, 0.05) is 10.3 Å². The summed E-state index contributed by atoms with van der Waals surface area (Å²) in [5, 5.41) is 6.57. The quantitative estimate of drug-likeness (QED) is 0.336. The van der Waals surface area contributed by atoms with Gasteiger partial charge in [-0.2, -0.15) is 0 Å². The molecule has 0 bridgehead atoms. The number of thiazole rings is 1. The second-order valence-corrected chi connectivity index (χ2v) is 10.3. The van der Waals surface area contributed by atoms with Crippen LogP contribution in [-0.2, 0) is 17.6 Å². The number of amides is 1. The summed E-state index contributed by atoms with van der Waals surface area (Å²) in [6, 6.07) is 9.53. The van der Waals surface area contributed by atoms with Crippen molar-refractivity contribution in [1.29, 1.82) is 0 Å². The molecule has 0 radical (unpaired) electrons. The van der Waals surface area contributed by atoms with Crippen molar-refractivity contribution >= 4 is 55.7 Å². The average molecular weight is 469 g/mol. The lowest BCUT2D eigenvalue weighted by atomic mass is 9.97. The van der Waals surface area contributed by atoms with Crippen molar-refractivity contribution in [1.82, 2.24) is 14.5 Å². The Morgan fingerprint density at radius 3 is 2.77 bits per heavy atom. The first-order valence-electron chi connectivity index (χ1n) is 10.1.